The average Bonchev–Trinajstić information content (AvgIpc) is 3.12. The second-order valence-electron chi connectivity index (χ2n) is 4.73. The van der Waals surface area contributed by atoms with Crippen LogP contribution in [0.3, 0.4) is 0 Å². The molecule has 3 N–H and O–H groups in total. The molecule has 0 spiro atoms. The quantitative estimate of drug-likeness (QED) is 0.261. The molecule has 0 unspecified atom stereocenters. The Morgan fingerprint density at radius 1 is 1.12 bits per heavy atom. The van der Waals surface area contributed by atoms with E-state index in [1.54, 1.807) is 25.4 Å². The van der Waals surface area contributed by atoms with Gasteiger partial charge in [-0.05, 0) is 24.3 Å². The monoisotopic (exact) mass is 443 g/mol. The lowest BCUT2D eigenvalue weighted by Gasteiger charge is -2.11. The van der Waals surface area contributed by atoms with Crippen molar-refractivity contribution in [3.63, 3.8) is 0 Å². The van der Waals surface area contributed by atoms with E-state index in [1.807, 2.05) is 18.2 Å². The molecule has 0 aliphatic carbocycles. The maximum atomic E-state index is 11.7. The van der Waals surface area contributed by atoms with E-state index in [4.69, 9.17) is 4.42 Å². The Bertz CT molecular complexity index is 617. The second-order valence-corrected chi connectivity index (χ2v) is 4.73. The molecule has 0 bridgehead atoms. The molecule has 0 atom stereocenters. The first-order valence-corrected chi connectivity index (χ1v) is 7.45. The summed E-state index contributed by atoms with van der Waals surface area (Å²) in [6.45, 7) is 1.77. The molecule has 0 saturated carbocycles. The summed E-state index contributed by atoms with van der Waals surface area (Å²) in [6.07, 6.45) is 4.07. The van der Waals surface area contributed by atoms with Gasteiger partial charge < -0.3 is 20.4 Å². The van der Waals surface area contributed by atoms with Crippen LogP contribution < -0.4 is 16.0 Å². The van der Waals surface area contributed by atoms with Crippen molar-refractivity contribution < 1.29 is 9.21 Å². The molecular formula is C16H22IN5O2. The highest BCUT2D eigenvalue weighted by Gasteiger charge is 2.06. The number of aliphatic imine (C=N–C) groups is 1. The summed E-state index contributed by atoms with van der Waals surface area (Å²) >= 11 is 0. The molecule has 8 heteroatoms. The third-order valence-corrected chi connectivity index (χ3v) is 3.07. The summed E-state index contributed by atoms with van der Waals surface area (Å²) in [5.74, 6) is 0.769. The van der Waals surface area contributed by atoms with E-state index in [1.165, 1.54) is 6.26 Å². The largest absolute Gasteiger partial charge is 0.459 e. The van der Waals surface area contributed by atoms with E-state index in [2.05, 4.69) is 25.9 Å². The van der Waals surface area contributed by atoms with E-state index in [0.29, 0.717) is 24.8 Å². The highest BCUT2D eigenvalue weighted by Crippen LogP contribution is 1.98. The Kier molecular flexibility index (Phi) is 9.51. The third kappa shape index (κ3) is 6.99. The van der Waals surface area contributed by atoms with Crippen LogP contribution in [0.4, 0.5) is 0 Å². The molecule has 2 rings (SSSR count). The Hall–Kier alpha value is -2.10. The van der Waals surface area contributed by atoms with Gasteiger partial charge in [0.05, 0.1) is 6.26 Å². The van der Waals surface area contributed by atoms with Crippen molar-refractivity contribution in [1.29, 1.82) is 0 Å². The minimum absolute atomic E-state index is 0. The smallest absolute Gasteiger partial charge is 0.287 e. The van der Waals surface area contributed by atoms with Gasteiger partial charge in [-0.15, -0.1) is 24.0 Å². The Morgan fingerprint density at radius 2 is 1.92 bits per heavy atom. The van der Waals surface area contributed by atoms with Crippen molar-refractivity contribution in [2.24, 2.45) is 4.99 Å². The van der Waals surface area contributed by atoms with Crippen LogP contribution in [0.1, 0.15) is 16.2 Å². The summed E-state index contributed by atoms with van der Waals surface area (Å²) in [5.41, 5.74) is 1.03. The highest BCUT2D eigenvalue weighted by atomic mass is 127. The molecule has 0 aliphatic rings. The van der Waals surface area contributed by atoms with Crippen molar-refractivity contribution in [2.45, 2.75) is 6.42 Å². The molecule has 24 heavy (non-hydrogen) atoms. The molecule has 0 saturated heterocycles. The van der Waals surface area contributed by atoms with E-state index in [-0.39, 0.29) is 29.9 Å². The number of nitrogens with zero attached hydrogens (tertiary/aromatic N) is 2. The van der Waals surface area contributed by atoms with Crippen molar-refractivity contribution in [2.75, 3.05) is 26.7 Å². The molecule has 7 nitrogen and oxygen atoms in total. The molecule has 0 radical (unpaired) electrons. The maximum Gasteiger partial charge on any atom is 0.287 e. The zero-order valence-corrected chi connectivity index (χ0v) is 15.8. The number of guanidine groups is 1. The summed E-state index contributed by atoms with van der Waals surface area (Å²) in [7, 11) is 1.71. The van der Waals surface area contributed by atoms with Gasteiger partial charge >= 0.3 is 0 Å². The topological polar surface area (TPSA) is 91.5 Å². The van der Waals surface area contributed by atoms with Crippen molar-refractivity contribution in [3.05, 3.63) is 54.2 Å². The van der Waals surface area contributed by atoms with Crippen LogP contribution in [0.25, 0.3) is 0 Å². The minimum Gasteiger partial charge on any atom is -0.459 e. The molecule has 0 aromatic carbocycles. The summed E-state index contributed by atoms with van der Waals surface area (Å²) in [4.78, 5) is 20.1. The lowest BCUT2D eigenvalue weighted by atomic mass is 10.3. The SMILES string of the molecule is CN=C(NCCNC(=O)c1ccco1)NCCc1ccccn1.I. The fourth-order valence-electron chi connectivity index (χ4n) is 1.93. The summed E-state index contributed by atoms with van der Waals surface area (Å²) in [5, 5.41) is 9.09. The van der Waals surface area contributed by atoms with Crippen molar-refractivity contribution in [1.82, 2.24) is 20.9 Å². The van der Waals surface area contributed by atoms with Gasteiger partial charge in [0.25, 0.3) is 5.91 Å². The Morgan fingerprint density at radius 3 is 2.58 bits per heavy atom. The number of rotatable bonds is 7. The molecule has 1 amide bonds. The number of carbonyl (C=O) groups excluding carboxylic acids is 1. The van der Waals surface area contributed by atoms with Gasteiger partial charge in [-0.25, -0.2) is 0 Å². The molecule has 0 aliphatic heterocycles. The Balaban J connectivity index is 0.00000288. The molecule has 2 heterocycles. The van der Waals surface area contributed by atoms with E-state index in [9.17, 15) is 4.79 Å². The highest BCUT2D eigenvalue weighted by molar-refractivity contribution is 14.0. The number of amides is 1. The van der Waals surface area contributed by atoms with Crippen LogP contribution in [0.2, 0.25) is 0 Å². The summed E-state index contributed by atoms with van der Waals surface area (Å²) in [6, 6.07) is 9.16. The van der Waals surface area contributed by atoms with Crippen molar-refractivity contribution >= 4 is 35.8 Å². The number of pyridine rings is 1. The molecule has 2 aromatic heterocycles. The fraction of sp³-hybridized carbons (Fsp3) is 0.312. The predicted octanol–water partition coefficient (Wildman–Crippen LogP) is 1.43. The van der Waals surface area contributed by atoms with Crippen LogP contribution in [-0.4, -0.2) is 43.5 Å². The lowest BCUT2D eigenvalue weighted by molar-refractivity contribution is 0.0926. The van der Waals surface area contributed by atoms with Crippen LogP contribution in [0, 0.1) is 0 Å². The lowest BCUT2D eigenvalue weighted by Crippen LogP contribution is -2.42. The van der Waals surface area contributed by atoms with Crippen LogP contribution in [0.5, 0.6) is 0 Å². The first kappa shape index (κ1) is 19.9. The molecule has 130 valence electrons. The van der Waals surface area contributed by atoms with E-state index >= 15 is 0 Å². The Labute approximate surface area is 158 Å². The fourth-order valence-corrected chi connectivity index (χ4v) is 1.93. The van der Waals surface area contributed by atoms with Crippen LogP contribution in [0.15, 0.2) is 52.2 Å². The van der Waals surface area contributed by atoms with Gasteiger partial charge in [-0.2, -0.15) is 0 Å². The van der Waals surface area contributed by atoms with Gasteiger partial charge in [0.15, 0.2) is 11.7 Å². The van der Waals surface area contributed by atoms with Crippen molar-refractivity contribution in [3.8, 4) is 0 Å². The van der Waals surface area contributed by atoms with E-state index in [0.717, 1.165) is 18.7 Å². The van der Waals surface area contributed by atoms with Gasteiger partial charge in [0.1, 0.15) is 0 Å². The first-order valence-electron chi connectivity index (χ1n) is 7.45. The second kappa shape index (κ2) is 11.4. The van der Waals surface area contributed by atoms with Gasteiger partial charge in [-0.1, -0.05) is 6.07 Å². The molecule has 2 aromatic rings. The average molecular weight is 443 g/mol. The van der Waals surface area contributed by atoms with Gasteiger partial charge in [-0.3, -0.25) is 14.8 Å². The first-order chi connectivity index (χ1) is 11.3. The van der Waals surface area contributed by atoms with Gasteiger partial charge in [0, 0.05) is 45.0 Å². The zero-order chi connectivity index (χ0) is 16.3. The van der Waals surface area contributed by atoms with E-state index < -0.39 is 0 Å². The molecular weight excluding hydrogens is 421 g/mol. The number of aromatic nitrogens is 1. The zero-order valence-electron chi connectivity index (χ0n) is 13.5. The molecule has 0 fully saturated rings. The number of hydrogen-bond acceptors (Lipinski definition) is 4. The predicted molar refractivity (Wildman–Crippen MR) is 104 cm³/mol. The number of carbonyl (C=O) groups is 1. The number of nitrogens with one attached hydrogen (secondary N) is 3. The third-order valence-electron chi connectivity index (χ3n) is 3.07. The number of furan rings is 1. The van der Waals surface area contributed by atoms with Gasteiger partial charge in [0.2, 0.25) is 0 Å². The van der Waals surface area contributed by atoms with Crippen LogP contribution >= 0.6 is 24.0 Å². The maximum absolute atomic E-state index is 11.7. The number of hydrogen-bond donors (Lipinski definition) is 3. The summed E-state index contributed by atoms with van der Waals surface area (Å²) < 4.78 is 5.02. The standard InChI is InChI=1S/C16H21N5O2.HI/c1-17-16(20-9-7-13-5-2-3-8-18-13)21-11-10-19-15(22)14-6-4-12-23-14;/h2-6,8,12H,7,9-11H2,1H3,(H,19,22)(H2,17,20,21);1H. The number of halogens is 1. The van der Waals surface area contributed by atoms with Crippen LogP contribution in [-0.2, 0) is 6.42 Å². The normalized spacial score (nSPS) is 10.6. The minimum atomic E-state index is -0.227.